The number of benzene rings is 2. The maximum absolute atomic E-state index is 12.1. The van der Waals surface area contributed by atoms with Crippen LogP contribution in [0, 0.1) is 0 Å². The molecule has 0 spiro atoms. The molecule has 0 saturated carbocycles. The van der Waals surface area contributed by atoms with E-state index in [1.165, 1.54) is 0 Å². The molecule has 0 saturated heterocycles. The van der Waals surface area contributed by atoms with Gasteiger partial charge in [-0.1, -0.05) is 61.2 Å². The van der Waals surface area contributed by atoms with E-state index >= 15 is 0 Å². The molecule has 0 radical (unpaired) electrons. The Morgan fingerprint density at radius 3 is 2.14 bits per heavy atom. The van der Waals surface area contributed by atoms with Gasteiger partial charge < -0.3 is 16.6 Å². The molecule has 0 bridgehead atoms. The summed E-state index contributed by atoms with van der Waals surface area (Å²) in [6.45, 7) is 8.91. The molecule has 2 aromatic carbocycles. The molecule has 2 aromatic rings. The molecule has 29 heavy (non-hydrogen) atoms. The van der Waals surface area contributed by atoms with Crippen LogP contribution in [0.1, 0.15) is 34.2 Å². The summed E-state index contributed by atoms with van der Waals surface area (Å²) in [7, 11) is 0. The fourth-order valence-corrected chi connectivity index (χ4v) is 2.78. The molecule has 0 aliphatic heterocycles. The van der Waals surface area contributed by atoms with Crippen LogP contribution < -0.4 is 56.7 Å². The SMILES string of the molecule is C=C(CC(Cc1ccc(-c2ccccc2)cc1)NC(=O)OC(C)(C)C)C(=O)O.[H-].[K+]. The number of hydrogen-bond donors (Lipinski definition) is 2. The Bertz CT molecular complexity index is 833. The predicted octanol–water partition coefficient (Wildman–Crippen LogP) is 1.94. The first-order valence-electron chi connectivity index (χ1n) is 9.19. The van der Waals surface area contributed by atoms with Gasteiger partial charge in [-0.25, -0.2) is 9.59 Å². The molecule has 0 fully saturated rings. The van der Waals surface area contributed by atoms with Gasteiger partial charge in [-0.05, 0) is 50.3 Å². The molecule has 1 atom stereocenters. The normalized spacial score (nSPS) is 11.7. The van der Waals surface area contributed by atoms with E-state index in [2.05, 4.69) is 11.9 Å². The Labute approximate surface area is 216 Å². The molecule has 0 aliphatic carbocycles. The Hall–Kier alpha value is -1.44. The van der Waals surface area contributed by atoms with E-state index in [9.17, 15) is 9.59 Å². The number of aliphatic carboxylic acids is 1. The number of amides is 1. The van der Waals surface area contributed by atoms with Gasteiger partial charge >= 0.3 is 63.4 Å². The second-order valence-electron chi connectivity index (χ2n) is 7.72. The quantitative estimate of drug-likeness (QED) is 0.529. The minimum atomic E-state index is -1.07. The van der Waals surface area contributed by atoms with Gasteiger partial charge in [0.1, 0.15) is 5.60 Å². The van der Waals surface area contributed by atoms with Crippen molar-refractivity contribution in [3.8, 4) is 11.1 Å². The molecular weight excluding hydrogens is 393 g/mol. The summed E-state index contributed by atoms with van der Waals surface area (Å²) in [5.41, 5.74) is 2.61. The van der Waals surface area contributed by atoms with Crippen LogP contribution in [-0.2, 0) is 16.0 Å². The Morgan fingerprint density at radius 2 is 1.62 bits per heavy atom. The fourth-order valence-electron chi connectivity index (χ4n) is 2.78. The standard InChI is InChI=1S/C23H27NO4.K.H/c1-16(21(25)26)14-20(24-22(27)28-23(2,3)4)15-17-10-12-19(13-11-17)18-8-6-5-7-9-18;;/h5-13,20H,1,14-15H2,2-4H3,(H,24,27)(H,25,26);;/q;+1;-1. The maximum atomic E-state index is 12.1. The molecule has 1 amide bonds. The third kappa shape index (κ3) is 9.27. The van der Waals surface area contributed by atoms with E-state index < -0.39 is 23.7 Å². The first kappa shape index (κ1) is 25.6. The first-order chi connectivity index (χ1) is 13.1. The average molecular weight is 422 g/mol. The Morgan fingerprint density at radius 1 is 1.07 bits per heavy atom. The largest absolute Gasteiger partial charge is 1.00 e. The molecule has 0 aromatic heterocycles. The third-order valence-electron chi connectivity index (χ3n) is 4.06. The minimum Gasteiger partial charge on any atom is -1.00 e. The van der Waals surface area contributed by atoms with E-state index in [1.54, 1.807) is 20.8 Å². The number of nitrogens with one attached hydrogen (secondary N) is 1. The summed E-state index contributed by atoms with van der Waals surface area (Å²) in [6, 6.07) is 17.6. The zero-order valence-corrected chi connectivity index (χ0v) is 20.7. The van der Waals surface area contributed by atoms with Crippen molar-refractivity contribution in [1.82, 2.24) is 5.32 Å². The number of ether oxygens (including phenoxy) is 1. The Balaban J connectivity index is 0.00000420. The number of alkyl carbamates (subject to hydrolysis) is 1. The van der Waals surface area contributed by atoms with Gasteiger partial charge in [0.2, 0.25) is 0 Å². The summed E-state index contributed by atoms with van der Waals surface area (Å²) in [5, 5.41) is 11.9. The van der Waals surface area contributed by atoms with E-state index in [0.717, 1.165) is 16.7 Å². The van der Waals surface area contributed by atoms with Crippen LogP contribution in [0.4, 0.5) is 4.79 Å². The third-order valence-corrected chi connectivity index (χ3v) is 4.06. The van der Waals surface area contributed by atoms with Crippen molar-refractivity contribution in [3.63, 3.8) is 0 Å². The van der Waals surface area contributed by atoms with Gasteiger partial charge in [-0.2, -0.15) is 0 Å². The van der Waals surface area contributed by atoms with E-state index in [4.69, 9.17) is 9.84 Å². The van der Waals surface area contributed by atoms with Crippen LogP contribution >= 0.6 is 0 Å². The Kier molecular flexibility index (Phi) is 10.3. The number of rotatable bonds is 7. The zero-order valence-electron chi connectivity index (χ0n) is 18.6. The number of carbonyl (C=O) groups is 2. The molecule has 5 nitrogen and oxygen atoms in total. The van der Waals surface area contributed by atoms with Gasteiger partial charge in [0.25, 0.3) is 0 Å². The molecule has 1 unspecified atom stereocenters. The van der Waals surface area contributed by atoms with E-state index in [1.807, 2.05) is 54.6 Å². The van der Waals surface area contributed by atoms with E-state index in [-0.39, 0.29) is 64.8 Å². The van der Waals surface area contributed by atoms with E-state index in [0.29, 0.717) is 6.42 Å². The smallest absolute Gasteiger partial charge is 1.00 e. The molecule has 0 heterocycles. The van der Waals surface area contributed by atoms with Gasteiger partial charge in [-0.3, -0.25) is 0 Å². The summed E-state index contributed by atoms with van der Waals surface area (Å²) in [4.78, 5) is 23.3. The summed E-state index contributed by atoms with van der Waals surface area (Å²) < 4.78 is 5.30. The monoisotopic (exact) mass is 421 g/mol. The van der Waals surface area contributed by atoms with Crippen molar-refractivity contribution in [1.29, 1.82) is 0 Å². The van der Waals surface area contributed by atoms with Crippen LogP contribution in [0.3, 0.4) is 0 Å². The zero-order chi connectivity index (χ0) is 20.7. The second-order valence-corrected chi connectivity index (χ2v) is 7.72. The van der Waals surface area contributed by atoms with Crippen LogP contribution in [-0.4, -0.2) is 28.8 Å². The van der Waals surface area contributed by atoms with Crippen LogP contribution in [0.2, 0.25) is 0 Å². The van der Waals surface area contributed by atoms with Crippen LogP contribution in [0.15, 0.2) is 66.7 Å². The summed E-state index contributed by atoms with van der Waals surface area (Å²) >= 11 is 0. The van der Waals surface area contributed by atoms with Crippen molar-refractivity contribution >= 4 is 12.1 Å². The predicted molar refractivity (Wildman–Crippen MR) is 111 cm³/mol. The minimum absolute atomic E-state index is 0. The van der Waals surface area contributed by atoms with Crippen LogP contribution in [0.5, 0.6) is 0 Å². The molecule has 150 valence electrons. The first-order valence-corrected chi connectivity index (χ1v) is 9.19. The molecule has 6 heteroatoms. The topological polar surface area (TPSA) is 75.6 Å². The van der Waals surface area contributed by atoms with Crippen molar-refractivity contribution in [3.05, 3.63) is 72.3 Å². The van der Waals surface area contributed by atoms with Gasteiger partial charge in [0.15, 0.2) is 0 Å². The number of hydrogen-bond acceptors (Lipinski definition) is 3. The molecule has 0 aliphatic rings. The second kappa shape index (κ2) is 11.7. The van der Waals surface area contributed by atoms with Crippen LogP contribution in [0.25, 0.3) is 11.1 Å². The summed E-state index contributed by atoms with van der Waals surface area (Å²) in [6.07, 6.45) is 0.0342. The molecule has 2 N–H and O–H groups in total. The van der Waals surface area contributed by atoms with Crippen molar-refractivity contribution in [2.75, 3.05) is 0 Å². The van der Waals surface area contributed by atoms with Crippen molar-refractivity contribution in [2.24, 2.45) is 0 Å². The summed E-state index contributed by atoms with van der Waals surface area (Å²) in [5.74, 6) is -1.07. The molecule has 2 rings (SSSR count). The number of carboxylic acids is 1. The average Bonchev–Trinajstić information content (AvgIpc) is 2.61. The van der Waals surface area contributed by atoms with Crippen molar-refractivity contribution in [2.45, 2.75) is 45.3 Å². The maximum Gasteiger partial charge on any atom is 1.00 e. The van der Waals surface area contributed by atoms with Gasteiger partial charge in [0, 0.05) is 11.6 Å². The number of carbonyl (C=O) groups excluding carboxylic acids is 1. The fraction of sp³-hybridized carbons (Fsp3) is 0.304. The number of carboxylic acid groups (broad SMARTS) is 1. The van der Waals surface area contributed by atoms with Gasteiger partial charge in [-0.15, -0.1) is 0 Å². The van der Waals surface area contributed by atoms with Gasteiger partial charge in [0.05, 0.1) is 0 Å². The molecular formula is C23H28KNO4. The van der Waals surface area contributed by atoms with Crippen molar-refractivity contribution < 1.29 is 72.2 Å².